The third-order valence-corrected chi connectivity index (χ3v) is 5.73. The predicted molar refractivity (Wildman–Crippen MR) is 135 cm³/mol. The summed E-state index contributed by atoms with van der Waals surface area (Å²) in [5.41, 5.74) is 1.89. The van der Waals surface area contributed by atoms with Gasteiger partial charge in [0.05, 0.1) is 40.9 Å². The van der Waals surface area contributed by atoms with Crippen LogP contribution in [-0.2, 0) is 0 Å². The molecular formula is C27H25N5O3. The number of ether oxygens (including phenoxy) is 1. The summed E-state index contributed by atoms with van der Waals surface area (Å²) in [5.74, 6) is 1.12. The number of hydrogen-bond donors (Lipinski definition) is 1. The van der Waals surface area contributed by atoms with E-state index >= 15 is 0 Å². The van der Waals surface area contributed by atoms with E-state index in [4.69, 9.17) is 15.0 Å². The quantitative estimate of drug-likeness (QED) is 0.436. The van der Waals surface area contributed by atoms with E-state index in [1.54, 1.807) is 73.8 Å². The van der Waals surface area contributed by atoms with E-state index in [1.807, 2.05) is 19.9 Å². The van der Waals surface area contributed by atoms with Gasteiger partial charge in [0.25, 0.3) is 5.56 Å². The highest BCUT2D eigenvalue weighted by Crippen LogP contribution is 2.24. The number of amides is 2. The molecule has 0 saturated carbocycles. The zero-order valence-electron chi connectivity index (χ0n) is 19.7. The van der Waals surface area contributed by atoms with Crippen molar-refractivity contribution in [3.8, 4) is 17.5 Å². The fourth-order valence-electron chi connectivity index (χ4n) is 3.76. The molecular weight excluding hydrogens is 442 g/mol. The highest BCUT2D eigenvalue weighted by atomic mass is 16.5. The molecule has 3 aromatic carbocycles. The number of nitrogens with one attached hydrogen (secondary N) is 1. The Morgan fingerprint density at radius 2 is 1.89 bits per heavy atom. The van der Waals surface area contributed by atoms with E-state index in [2.05, 4.69) is 11.4 Å². The van der Waals surface area contributed by atoms with Crippen molar-refractivity contribution in [3.63, 3.8) is 0 Å². The molecule has 1 N–H and O–H groups in total. The van der Waals surface area contributed by atoms with Crippen LogP contribution in [0.2, 0.25) is 0 Å². The minimum absolute atomic E-state index is 0.225. The molecule has 0 spiro atoms. The largest absolute Gasteiger partial charge is 0.494 e. The second kappa shape index (κ2) is 10.1. The van der Waals surface area contributed by atoms with Gasteiger partial charge in [0.1, 0.15) is 11.6 Å². The van der Waals surface area contributed by atoms with Crippen LogP contribution in [0.15, 0.2) is 77.6 Å². The number of nitrogens with zero attached hydrogens (tertiary/aromatic N) is 4. The van der Waals surface area contributed by atoms with Gasteiger partial charge < -0.3 is 15.0 Å². The molecule has 1 heterocycles. The first-order valence-corrected chi connectivity index (χ1v) is 11.2. The number of fused-ring (bicyclic) bond motifs is 1. The Balaban J connectivity index is 1.75. The number of benzene rings is 3. The molecule has 1 unspecified atom stereocenters. The van der Waals surface area contributed by atoms with Gasteiger partial charge in [0, 0.05) is 12.7 Å². The summed E-state index contributed by atoms with van der Waals surface area (Å²) in [6.45, 7) is 4.26. The molecule has 4 rings (SSSR count). The molecule has 0 aliphatic heterocycles. The Bertz CT molecular complexity index is 1470. The molecule has 4 aromatic rings. The van der Waals surface area contributed by atoms with Crippen LogP contribution in [0.3, 0.4) is 0 Å². The summed E-state index contributed by atoms with van der Waals surface area (Å²) < 4.78 is 7.06. The van der Waals surface area contributed by atoms with Gasteiger partial charge in [0.15, 0.2) is 0 Å². The standard InChI is InChI=1S/C27H25N5O3/c1-4-35-22-14-12-21(13-15-22)32-25(30-24-11-6-5-10-23(24)26(32)33)18(2)31(3)27(34)29-20-9-7-8-19(16-20)17-28/h5-16,18H,4H2,1-3H3,(H,29,34). The monoisotopic (exact) mass is 467 g/mol. The highest BCUT2D eigenvalue weighted by Gasteiger charge is 2.24. The van der Waals surface area contributed by atoms with E-state index < -0.39 is 12.1 Å². The topological polar surface area (TPSA) is 100 Å². The van der Waals surface area contributed by atoms with Crippen molar-refractivity contribution in [1.82, 2.24) is 14.5 Å². The number of hydrogen-bond acceptors (Lipinski definition) is 5. The van der Waals surface area contributed by atoms with Crippen LogP contribution in [0.4, 0.5) is 10.5 Å². The lowest BCUT2D eigenvalue weighted by Gasteiger charge is -2.27. The molecule has 8 heteroatoms. The van der Waals surface area contributed by atoms with Crippen LogP contribution in [0.1, 0.15) is 31.3 Å². The van der Waals surface area contributed by atoms with Gasteiger partial charge in [-0.1, -0.05) is 18.2 Å². The molecule has 0 saturated heterocycles. The van der Waals surface area contributed by atoms with Crippen molar-refractivity contribution in [1.29, 1.82) is 5.26 Å². The van der Waals surface area contributed by atoms with Crippen molar-refractivity contribution in [2.75, 3.05) is 19.0 Å². The maximum Gasteiger partial charge on any atom is 0.322 e. The lowest BCUT2D eigenvalue weighted by atomic mass is 10.2. The van der Waals surface area contributed by atoms with Gasteiger partial charge in [-0.05, 0) is 68.4 Å². The number of aromatic nitrogens is 2. The number of rotatable bonds is 6. The first-order chi connectivity index (χ1) is 16.9. The normalized spacial score (nSPS) is 11.5. The summed E-state index contributed by atoms with van der Waals surface area (Å²) in [5, 5.41) is 12.4. The fraction of sp³-hybridized carbons (Fsp3) is 0.185. The molecule has 35 heavy (non-hydrogen) atoms. The number of carbonyl (C=O) groups is 1. The van der Waals surface area contributed by atoms with Crippen LogP contribution >= 0.6 is 0 Å². The number of carbonyl (C=O) groups excluding carboxylic acids is 1. The van der Waals surface area contributed by atoms with Crippen LogP contribution in [0, 0.1) is 11.3 Å². The minimum Gasteiger partial charge on any atom is -0.494 e. The Morgan fingerprint density at radius 1 is 1.14 bits per heavy atom. The van der Waals surface area contributed by atoms with E-state index in [1.165, 1.54) is 9.47 Å². The van der Waals surface area contributed by atoms with Gasteiger partial charge in [-0.15, -0.1) is 0 Å². The second-order valence-corrected chi connectivity index (χ2v) is 7.96. The third kappa shape index (κ3) is 4.84. The maximum atomic E-state index is 13.6. The van der Waals surface area contributed by atoms with Crippen molar-refractivity contribution in [2.45, 2.75) is 19.9 Å². The molecule has 1 atom stereocenters. The average molecular weight is 468 g/mol. The molecule has 0 radical (unpaired) electrons. The van der Waals surface area contributed by atoms with Crippen molar-refractivity contribution < 1.29 is 9.53 Å². The van der Waals surface area contributed by atoms with Crippen LogP contribution in [0.25, 0.3) is 16.6 Å². The Kier molecular flexibility index (Phi) is 6.78. The summed E-state index contributed by atoms with van der Waals surface area (Å²) >= 11 is 0. The molecule has 0 aliphatic rings. The average Bonchev–Trinajstić information content (AvgIpc) is 2.88. The van der Waals surface area contributed by atoms with E-state index in [-0.39, 0.29) is 5.56 Å². The van der Waals surface area contributed by atoms with Gasteiger partial charge in [-0.25, -0.2) is 9.78 Å². The lowest BCUT2D eigenvalue weighted by molar-refractivity contribution is 0.205. The van der Waals surface area contributed by atoms with Crippen molar-refractivity contribution >= 4 is 22.6 Å². The molecule has 0 aliphatic carbocycles. The number of anilines is 1. The van der Waals surface area contributed by atoms with E-state index in [9.17, 15) is 9.59 Å². The Morgan fingerprint density at radius 3 is 2.60 bits per heavy atom. The van der Waals surface area contributed by atoms with Gasteiger partial charge in [-0.3, -0.25) is 9.36 Å². The van der Waals surface area contributed by atoms with Gasteiger partial charge in [-0.2, -0.15) is 5.26 Å². The lowest BCUT2D eigenvalue weighted by Crippen LogP contribution is -2.37. The Hall–Kier alpha value is -4.64. The summed E-state index contributed by atoms with van der Waals surface area (Å²) in [6, 6.07) is 22.1. The van der Waals surface area contributed by atoms with Crippen molar-refractivity contribution in [3.05, 3.63) is 94.5 Å². The molecule has 0 fully saturated rings. The van der Waals surface area contributed by atoms with E-state index in [0.717, 1.165) is 0 Å². The molecule has 176 valence electrons. The van der Waals surface area contributed by atoms with Crippen LogP contribution in [0.5, 0.6) is 5.75 Å². The van der Waals surface area contributed by atoms with Gasteiger partial charge >= 0.3 is 6.03 Å². The number of para-hydroxylation sites is 1. The fourth-order valence-corrected chi connectivity index (χ4v) is 3.76. The smallest absolute Gasteiger partial charge is 0.322 e. The first-order valence-electron chi connectivity index (χ1n) is 11.2. The first kappa shape index (κ1) is 23.5. The van der Waals surface area contributed by atoms with Gasteiger partial charge in [0.2, 0.25) is 0 Å². The zero-order chi connectivity index (χ0) is 24.9. The SMILES string of the molecule is CCOc1ccc(-n2c(C(C)N(C)C(=O)Nc3cccc(C#N)c3)nc3ccccc3c2=O)cc1. The zero-order valence-corrected chi connectivity index (χ0v) is 19.7. The van der Waals surface area contributed by atoms with E-state index in [0.29, 0.717) is 46.0 Å². The molecule has 8 nitrogen and oxygen atoms in total. The third-order valence-electron chi connectivity index (χ3n) is 5.73. The highest BCUT2D eigenvalue weighted by molar-refractivity contribution is 5.89. The molecule has 0 bridgehead atoms. The molecule has 2 amide bonds. The van der Waals surface area contributed by atoms with Crippen LogP contribution in [-0.4, -0.2) is 34.1 Å². The molecule has 1 aromatic heterocycles. The number of urea groups is 1. The summed E-state index contributed by atoms with van der Waals surface area (Å²) in [4.78, 5) is 32.8. The van der Waals surface area contributed by atoms with Crippen molar-refractivity contribution in [2.24, 2.45) is 0 Å². The Labute approximate surface area is 203 Å². The predicted octanol–water partition coefficient (Wildman–Crippen LogP) is 4.88. The number of nitriles is 1. The minimum atomic E-state index is -0.557. The van der Waals surface area contributed by atoms with Crippen LogP contribution < -0.4 is 15.6 Å². The maximum absolute atomic E-state index is 13.6. The second-order valence-electron chi connectivity index (χ2n) is 7.96. The summed E-state index contributed by atoms with van der Waals surface area (Å²) in [7, 11) is 1.64. The summed E-state index contributed by atoms with van der Waals surface area (Å²) in [6.07, 6.45) is 0.